The number of unbranched alkanes of at least 4 members (excludes halogenated alkanes) is 3. The van der Waals surface area contributed by atoms with Crippen LogP contribution < -0.4 is 0 Å². The second-order valence-electron chi connectivity index (χ2n) is 7.44. The van der Waals surface area contributed by atoms with Gasteiger partial charge in [0.1, 0.15) is 0 Å². The average molecular weight is 564 g/mol. The molecule has 0 aromatic rings. The Hall–Kier alpha value is -1.27. The minimum absolute atomic E-state index is 0.0490. The summed E-state index contributed by atoms with van der Waals surface area (Å²) >= 11 is 0. The molecule has 1 atom stereocenters. The number of hydrogen-bond acceptors (Lipinski definition) is 2. The zero-order valence-corrected chi connectivity index (χ0v) is 16.8. The van der Waals surface area contributed by atoms with Gasteiger partial charge >= 0.3 is 47.6 Å². The summed E-state index contributed by atoms with van der Waals surface area (Å²) in [6.07, 6.45) is -13.6. The molecule has 0 saturated carbocycles. The van der Waals surface area contributed by atoms with E-state index in [4.69, 9.17) is 10.2 Å². The monoisotopic (exact) mass is 564 g/mol. The summed E-state index contributed by atoms with van der Waals surface area (Å²) in [6, 6.07) is 0. The first-order chi connectivity index (χ1) is 15.2. The minimum Gasteiger partial charge on any atom is -0.394 e. The summed E-state index contributed by atoms with van der Waals surface area (Å²) in [7, 11) is 0. The van der Waals surface area contributed by atoms with Crippen LogP contribution in [0.3, 0.4) is 0 Å². The fourth-order valence-corrected chi connectivity index (χ4v) is 2.53. The van der Waals surface area contributed by atoms with E-state index in [-0.39, 0.29) is 19.3 Å². The van der Waals surface area contributed by atoms with Gasteiger partial charge in [0.15, 0.2) is 0 Å². The molecule has 0 saturated heterocycles. The summed E-state index contributed by atoms with van der Waals surface area (Å²) in [5.41, 5.74) is 0. The van der Waals surface area contributed by atoms with Crippen molar-refractivity contribution in [2.75, 3.05) is 6.61 Å². The van der Waals surface area contributed by atoms with Gasteiger partial charge in [-0.15, -0.1) is 0 Å². The molecule has 0 heterocycles. The Morgan fingerprint density at radius 3 is 1.17 bits per heavy atom. The fraction of sp³-hybridized carbons (Fsp3) is 1.00. The molecule has 2 nitrogen and oxygen atoms in total. The molecule has 0 aromatic carbocycles. The van der Waals surface area contributed by atoms with E-state index >= 15 is 0 Å². The van der Waals surface area contributed by atoms with Gasteiger partial charge in [0.25, 0.3) is 0 Å². The summed E-state index contributed by atoms with van der Waals surface area (Å²) < 4.78 is 223. The van der Waals surface area contributed by atoms with Gasteiger partial charge in [-0.2, -0.15) is 74.6 Å². The van der Waals surface area contributed by atoms with Gasteiger partial charge in [-0.3, -0.25) is 0 Å². The average Bonchev–Trinajstić information content (AvgIpc) is 2.68. The fourth-order valence-electron chi connectivity index (χ4n) is 2.53. The van der Waals surface area contributed by atoms with E-state index < -0.39 is 79.6 Å². The topological polar surface area (TPSA) is 40.5 Å². The molecule has 19 heteroatoms. The molecule has 0 rings (SSSR count). The molecule has 0 aliphatic heterocycles. The second-order valence-corrected chi connectivity index (χ2v) is 7.44. The van der Waals surface area contributed by atoms with Crippen molar-refractivity contribution < 1.29 is 84.9 Å². The van der Waals surface area contributed by atoms with Gasteiger partial charge in [0.05, 0.1) is 12.7 Å². The van der Waals surface area contributed by atoms with Crippen LogP contribution in [0.15, 0.2) is 0 Å². The van der Waals surface area contributed by atoms with Crippen molar-refractivity contribution in [3.63, 3.8) is 0 Å². The molecule has 2 N–H and O–H groups in total. The molecule has 1 unspecified atom stereocenters. The molecule has 0 aromatic heterocycles. The SMILES string of the molecule is OCC(O)CCCCCCC(F)(F)C(F)(F)C(F)(F)C(F)(F)C(F)(F)C(F)(F)C(F)(F)C(F)(F)F. The Morgan fingerprint density at radius 2 is 0.800 bits per heavy atom. The molecule has 0 aliphatic rings. The summed E-state index contributed by atoms with van der Waals surface area (Å²) in [5.74, 6) is -56.1. The van der Waals surface area contributed by atoms with Crippen molar-refractivity contribution in [1.82, 2.24) is 0 Å². The summed E-state index contributed by atoms with van der Waals surface area (Å²) in [6.45, 7) is -0.716. The van der Waals surface area contributed by atoms with Crippen LogP contribution in [0, 0.1) is 0 Å². The maximum Gasteiger partial charge on any atom is 0.460 e. The van der Waals surface area contributed by atoms with Crippen molar-refractivity contribution in [2.24, 2.45) is 0 Å². The summed E-state index contributed by atoms with van der Waals surface area (Å²) in [4.78, 5) is 0. The first kappa shape index (κ1) is 33.7. The third-order valence-corrected chi connectivity index (χ3v) is 4.78. The predicted molar refractivity (Wildman–Crippen MR) is 81.5 cm³/mol. The highest BCUT2D eigenvalue weighted by atomic mass is 19.4. The van der Waals surface area contributed by atoms with E-state index in [2.05, 4.69) is 0 Å². The molecule has 212 valence electrons. The largest absolute Gasteiger partial charge is 0.460 e. The van der Waals surface area contributed by atoms with Gasteiger partial charge in [-0.25, -0.2) is 0 Å². The smallest absolute Gasteiger partial charge is 0.394 e. The van der Waals surface area contributed by atoms with Gasteiger partial charge in [-0.05, 0) is 12.8 Å². The first-order valence-corrected chi connectivity index (χ1v) is 9.21. The Bertz CT molecular complexity index is 686. The Morgan fingerprint density at radius 1 is 0.457 bits per heavy atom. The molecule has 0 spiro atoms. The number of halogens is 17. The number of alkyl halides is 17. The maximum atomic E-state index is 13.6. The van der Waals surface area contributed by atoms with Crippen molar-refractivity contribution >= 4 is 0 Å². The van der Waals surface area contributed by atoms with Crippen LogP contribution in [0.4, 0.5) is 74.6 Å². The highest BCUT2D eigenvalue weighted by Crippen LogP contribution is 2.64. The standard InChI is InChI=1S/C16H17F17O2/c17-9(18,6-4-2-1-3-5-8(35)7-34)10(19,20)11(21,22)12(23,24)13(25,26)14(27,28)15(29,30)16(31,32)33/h8,34-35H,1-7H2. The van der Waals surface area contributed by atoms with E-state index in [1.54, 1.807) is 0 Å². The lowest BCUT2D eigenvalue weighted by molar-refractivity contribution is -0.461. The Labute approximate surface area is 185 Å². The normalized spacial score (nSPS) is 16.5. The van der Waals surface area contributed by atoms with Crippen molar-refractivity contribution in [1.29, 1.82) is 0 Å². The zero-order valence-electron chi connectivity index (χ0n) is 16.8. The van der Waals surface area contributed by atoms with Crippen LogP contribution in [0.2, 0.25) is 0 Å². The Kier molecular flexibility index (Phi) is 9.87. The lowest BCUT2D eigenvalue weighted by atomic mass is 9.87. The molecular weight excluding hydrogens is 547 g/mol. The van der Waals surface area contributed by atoms with Crippen LogP contribution in [-0.4, -0.2) is 70.6 Å². The van der Waals surface area contributed by atoms with Gasteiger partial charge in [-0.1, -0.05) is 19.3 Å². The molecule has 35 heavy (non-hydrogen) atoms. The van der Waals surface area contributed by atoms with E-state index in [0.29, 0.717) is 0 Å². The number of aliphatic hydroxyl groups excluding tert-OH is 2. The van der Waals surface area contributed by atoms with Crippen molar-refractivity contribution in [3.8, 4) is 0 Å². The number of aliphatic hydroxyl groups is 2. The van der Waals surface area contributed by atoms with Gasteiger partial charge < -0.3 is 10.2 Å². The second kappa shape index (κ2) is 10.2. The van der Waals surface area contributed by atoms with Crippen LogP contribution in [0.1, 0.15) is 38.5 Å². The molecular formula is C16H17F17O2. The first-order valence-electron chi connectivity index (χ1n) is 9.21. The number of hydrogen-bond donors (Lipinski definition) is 2. The Balaban J connectivity index is 5.92. The van der Waals surface area contributed by atoms with E-state index in [1.807, 2.05) is 0 Å². The lowest BCUT2D eigenvalue weighted by Gasteiger charge is -2.42. The third kappa shape index (κ3) is 5.69. The summed E-state index contributed by atoms with van der Waals surface area (Å²) in [5, 5.41) is 17.5. The van der Waals surface area contributed by atoms with Crippen molar-refractivity contribution in [3.05, 3.63) is 0 Å². The molecule has 0 bridgehead atoms. The van der Waals surface area contributed by atoms with E-state index in [1.165, 1.54) is 0 Å². The van der Waals surface area contributed by atoms with Crippen LogP contribution in [0.25, 0.3) is 0 Å². The van der Waals surface area contributed by atoms with Crippen LogP contribution in [0.5, 0.6) is 0 Å². The zero-order chi connectivity index (χ0) is 28.5. The highest BCUT2D eigenvalue weighted by molar-refractivity contribution is 5.15. The van der Waals surface area contributed by atoms with Crippen molar-refractivity contribution in [2.45, 2.75) is 92.3 Å². The number of rotatable bonds is 14. The van der Waals surface area contributed by atoms with Crippen LogP contribution in [-0.2, 0) is 0 Å². The van der Waals surface area contributed by atoms with Gasteiger partial charge in [0.2, 0.25) is 0 Å². The molecule has 0 fully saturated rings. The highest BCUT2D eigenvalue weighted by Gasteiger charge is 2.95. The lowest BCUT2D eigenvalue weighted by Crippen LogP contribution is -2.74. The van der Waals surface area contributed by atoms with Gasteiger partial charge in [0, 0.05) is 6.42 Å². The maximum absolute atomic E-state index is 13.6. The van der Waals surface area contributed by atoms with E-state index in [0.717, 1.165) is 0 Å². The quantitative estimate of drug-likeness (QED) is 0.183. The molecule has 0 amide bonds. The molecule has 0 aliphatic carbocycles. The third-order valence-electron chi connectivity index (χ3n) is 4.78. The minimum atomic E-state index is -8.62. The van der Waals surface area contributed by atoms with E-state index in [9.17, 15) is 74.6 Å². The molecule has 0 radical (unpaired) electrons. The van der Waals surface area contributed by atoms with Crippen LogP contribution >= 0.6 is 0 Å². The predicted octanol–water partition coefficient (Wildman–Crippen LogP) is 6.69.